The Kier molecular flexibility index (Phi) is 5.00. The van der Waals surface area contributed by atoms with Gasteiger partial charge in [0.05, 0.1) is 5.56 Å². The highest BCUT2D eigenvalue weighted by molar-refractivity contribution is 7.08. The van der Waals surface area contributed by atoms with E-state index < -0.39 is 17.6 Å². The number of amides is 1. The summed E-state index contributed by atoms with van der Waals surface area (Å²) in [7, 11) is 0. The van der Waals surface area contributed by atoms with Crippen molar-refractivity contribution >= 4 is 23.3 Å². The number of nitrogens with zero attached hydrogens (tertiary/aromatic N) is 2. The minimum absolute atomic E-state index is 0.0748. The zero-order chi connectivity index (χ0) is 21.3. The first-order valence-electron chi connectivity index (χ1n) is 8.49. The van der Waals surface area contributed by atoms with E-state index in [0.717, 1.165) is 23.8 Å². The van der Waals surface area contributed by atoms with Gasteiger partial charge in [0, 0.05) is 16.7 Å². The molecule has 4 aromatic rings. The van der Waals surface area contributed by atoms with Crippen LogP contribution in [-0.4, -0.2) is 21.2 Å². The van der Waals surface area contributed by atoms with Gasteiger partial charge in [0.1, 0.15) is 5.75 Å². The number of hydrogen-bond donors (Lipinski definition) is 2. The summed E-state index contributed by atoms with van der Waals surface area (Å²) in [5.74, 6) is -0.665. The second-order valence-electron chi connectivity index (χ2n) is 6.19. The standard InChI is InChI=1S/C20H12F3N3O3S/c21-20(22,23)14-3-1-2-11(8-14)17(28)24-19-26-25-18(29-19)12-4-5-16(27)15(9-12)13-6-7-30-10-13/h1-10,27H,(H,24,26,28). The Morgan fingerprint density at radius 1 is 1.07 bits per heavy atom. The zero-order valence-corrected chi connectivity index (χ0v) is 15.8. The van der Waals surface area contributed by atoms with Crippen molar-refractivity contribution in [1.82, 2.24) is 10.2 Å². The molecule has 2 aromatic carbocycles. The van der Waals surface area contributed by atoms with Gasteiger partial charge >= 0.3 is 12.2 Å². The highest BCUT2D eigenvalue weighted by atomic mass is 32.1. The number of hydrogen-bond acceptors (Lipinski definition) is 6. The zero-order valence-electron chi connectivity index (χ0n) is 15.0. The smallest absolute Gasteiger partial charge is 0.416 e. The SMILES string of the molecule is O=C(Nc1nnc(-c2ccc(O)c(-c3ccsc3)c2)o1)c1cccc(C(F)(F)F)c1. The maximum Gasteiger partial charge on any atom is 0.416 e. The van der Waals surface area contributed by atoms with E-state index in [2.05, 4.69) is 15.5 Å². The van der Waals surface area contributed by atoms with Gasteiger partial charge in [0.15, 0.2) is 0 Å². The first kappa shape index (κ1) is 19.6. The van der Waals surface area contributed by atoms with Gasteiger partial charge in [-0.2, -0.15) is 24.5 Å². The van der Waals surface area contributed by atoms with Crippen molar-refractivity contribution < 1.29 is 27.5 Å². The van der Waals surface area contributed by atoms with Crippen LogP contribution in [0.25, 0.3) is 22.6 Å². The van der Waals surface area contributed by atoms with Crippen LogP contribution in [0.1, 0.15) is 15.9 Å². The van der Waals surface area contributed by atoms with Crippen molar-refractivity contribution in [3.63, 3.8) is 0 Å². The lowest BCUT2D eigenvalue weighted by atomic mass is 10.0. The Labute approximate surface area is 171 Å². The van der Waals surface area contributed by atoms with Crippen LogP contribution in [0.15, 0.2) is 63.7 Å². The summed E-state index contributed by atoms with van der Waals surface area (Å²) in [6, 6.07) is 10.3. The number of rotatable bonds is 4. The second-order valence-corrected chi connectivity index (χ2v) is 6.97. The van der Waals surface area contributed by atoms with E-state index in [1.165, 1.54) is 23.5 Å². The quantitative estimate of drug-likeness (QED) is 0.449. The number of phenolic OH excluding ortho intramolecular Hbond substituents is 1. The molecule has 0 fully saturated rings. The predicted molar refractivity (Wildman–Crippen MR) is 104 cm³/mol. The third kappa shape index (κ3) is 4.03. The number of phenols is 1. The van der Waals surface area contributed by atoms with Crippen LogP contribution in [0.4, 0.5) is 19.2 Å². The molecule has 0 atom stereocenters. The number of anilines is 1. The minimum Gasteiger partial charge on any atom is -0.507 e. The van der Waals surface area contributed by atoms with Gasteiger partial charge in [0.25, 0.3) is 5.91 Å². The number of carbonyl (C=O) groups is 1. The molecule has 4 rings (SSSR count). The average Bonchev–Trinajstić information content (AvgIpc) is 3.40. The van der Waals surface area contributed by atoms with E-state index in [1.54, 1.807) is 12.1 Å². The Balaban J connectivity index is 1.55. The van der Waals surface area contributed by atoms with E-state index in [4.69, 9.17) is 4.42 Å². The van der Waals surface area contributed by atoms with E-state index in [1.807, 2.05) is 16.8 Å². The van der Waals surface area contributed by atoms with E-state index in [9.17, 15) is 23.1 Å². The monoisotopic (exact) mass is 431 g/mol. The first-order chi connectivity index (χ1) is 14.3. The normalized spacial score (nSPS) is 11.4. The summed E-state index contributed by atoms with van der Waals surface area (Å²) in [4.78, 5) is 12.3. The highest BCUT2D eigenvalue weighted by Gasteiger charge is 2.31. The van der Waals surface area contributed by atoms with Crippen molar-refractivity contribution in [1.29, 1.82) is 0 Å². The fourth-order valence-electron chi connectivity index (χ4n) is 2.71. The second kappa shape index (κ2) is 7.64. The van der Waals surface area contributed by atoms with E-state index >= 15 is 0 Å². The molecule has 2 N–H and O–H groups in total. The molecule has 30 heavy (non-hydrogen) atoms. The molecule has 0 saturated carbocycles. The molecule has 0 aliphatic rings. The maximum atomic E-state index is 12.8. The third-order valence-corrected chi connectivity index (χ3v) is 4.86. The average molecular weight is 431 g/mol. The third-order valence-electron chi connectivity index (χ3n) is 4.17. The van der Waals surface area contributed by atoms with Crippen LogP contribution in [0, 0.1) is 0 Å². The van der Waals surface area contributed by atoms with Crippen LogP contribution < -0.4 is 5.32 Å². The minimum atomic E-state index is -4.56. The molecule has 6 nitrogen and oxygen atoms in total. The number of benzene rings is 2. The van der Waals surface area contributed by atoms with Crippen molar-refractivity contribution in [2.75, 3.05) is 5.32 Å². The molecular formula is C20H12F3N3O3S. The van der Waals surface area contributed by atoms with Gasteiger partial charge in [-0.1, -0.05) is 11.2 Å². The maximum absolute atomic E-state index is 12.8. The molecule has 0 unspecified atom stereocenters. The number of nitrogens with one attached hydrogen (secondary N) is 1. The number of thiophene rings is 1. The lowest BCUT2D eigenvalue weighted by Crippen LogP contribution is -2.14. The van der Waals surface area contributed by atoms with Crippen LogP contribution in [-0.2, 0) is 6.18 Å². The van der Waals surface area contributed by atoms with E-state index in [0.29, 0.717) is 11.1 Å². The summed E-state index contributed by atoms with van der Waals surface area (Å²) < 4.78 is 43.9. The Bertz CT molecular complexity index is 1200. The predicted octanol–water partition coefficient (Wildman–Crippen LogP) is 5.44. The molecule has 152 valence electrons. The molecule has 0 aliphatic carbocycles. The molecular weight excluding hydrogens is 419 g/mol. The van der Waals surface area contributed by atoms with Crippen molar-refractivity contribution in [2.45, 2.75) is 6.18 Å². The van der Waals surface area contributed by atoms with Crippen LogP contribution in [0.2, 0.25) is 0 Å². The van der Waals surface area contributed by atoms with Gasteiger partial charge in [0.2, 0.25) is 5.89 Å². The molecule has 0 aliphatic heterocycles. The number of aromatic nitrogens is 2. The highest BCUT2D eigenvalue weighted by Crippen LogP contribution is 2.34. The largest absolute Gasteiger partial charge is 0.507 e. The van der Waals surface area contributed by atoms with Crippen LogP contribution in [0.3, 0.4) is 0 Å². The van der Waals surface area contributed by atoms with Gasteiger partial charge in [-0.25, -0.2) is 0 Å². The molecule has 10 heteroatoms. The van der Waals surface area contributed by atoms with Gasteiger partial charge in [-0.15, -0.1) is 5.10 Å². The number of halogens is 3. The molecule has 0 bridgehead atoms. The van der Waals surface area contributed by atoms with Crippen LogP contribution >= 0.6 is 11.3 Å². The Morgan fingerprint density at radius 3 is 2.63 bits per heavy atom. The summed E-state index contributed by atoms with van der Waals surface area (Å²) in [6.07, 6.45) is -4.56. The van der Waals surface area contributed by atoms with E-state index in [-0.39, 0.29) is 23.2 Å². The number of alkyl halides is 3. The lowest BCUT2D eigenvalue weighted by molar-refractivity contribution is -0.137. The van der Waals surface area contributed by atoms with Gasteiger partial charge in [-0.3, -0.25) is 10.1 Å². The number of carbonyl (C=O) groups excluding carboxylic acids is 1. The Hall–Kier alpha value is -3.66. The summed E-state index contributed by atoms with van der Waals surface area (Å²) in [6.45, 7) is 0. The molecule has 0 spiro atoms. The summed E-state index contributed by atoms with van der Waals surface area (Å²) in [5.41, 5.74) is 0.750. The lowest BCUT2D eigenvalue weighted by Gasteiger charge is -2.07. The molecule has 2 heterocycles. The fraction of sp³-hybridized carbons (Fsp3) is 0.0500. The van der Waals surface area contributed by atoms with Crippen LogP contribution in [0.5, 0.6) is 5.75 Å². The van der Waals surface area contributed by atoms with Crippen molar-refractivity contribution in [3.8, 4) is 28.3 Å². The first-order valence-corrected chi connectivity index (χ1v) is 9.43. The van der Waals surface area contributed by atoms with Crippen molar-refractivity contribution in [3.05, 3.63) is 70.4 Å². The van der Waals surface area contributed by atoms with Gasteiger partial charge in [-0.05, 0) is 58.8 Å². The summed E-state index contributed by atoms with van der Waals surface area (Å²) in [5, 5.41) is 23.7. The van der Waals surface area contributed by atoms with Gasteiger partial charge < -0.3 is 9.52 Å². The molecule has 0 radical (unpaired) electrons. The molecule has 1 amide bonds. The Morgan fingerprint density at radius 2 is 1.90 bits per heavy atom. The fourth-order valence-corrected chi connectivity index (χ4v) is 3.37. The topological polar surface area (TPSA) is 88.2 Å². The van der Waals surface area contributed by atoms with Crippen molar-refractivity contribution in [2.24, 2.45) is 0 Å². The molecule has 2 aromatic heterocycles. The number of aromatic hydroxyl groups is 1. The summed E-state index contributed by atoms with van der Waals surface area (Å²) >= 11 is 1.48. The molecule has 0 saturated heterocycles.